The standard InChI is InChI=1S/C15H32N2O4/c1-11(18)10-17(14(19)21-15(4,5)6)9-8-16-12(2)13(3)20-7/h11-13,16,18H,8-10H2,1-7H3. The zero-order chi connectivity index (χ0) is 16.6. The number of nitrogens with one attached hydrogen (secondary N) is 1. The van der Waals surface area contributed by atoms with Crippen molar-refractivity contribution in [3.8, 4) is 0 Å². The lowest BCUT2D eigenvalue weighted by molar-refractivity contribution is 0.0158. The third-order valence-corrected chi connectivity index (χ3v) is 3.06. The Morgan fingerprint density at radius 2 is 1.86 bits per heavy atom. The summed E-state index contributed by atoms with van der Waals surface area (Å²) in [5.41, 5.74) is -0.542. The Morgan fingerprint density at radius 3 is 2.29 bits per heavy atom. The van der Waals surface area contributed by atoms with Gasteiger partial charge < -0.3 is 24.8 Å². The second kappa shape index (κ2) is 9.23. The fourth-order valence-corrected chi connectivity index (χ4v) is 1.70. The van der Waals surface area contributed by atoms with Gasteiger partial charge in [0.15, 0.2) is 0 Å². The molecule has 0 saturated heterocycles. The second-order valence-electron chi connectivity index (χ2n) is 6.46. The van der Waals surface area contributed by atoms with E-state index in [9.17, 15) is 9.90 Å². The monoisotopic (exact) mass is 304 g/mol. The normalized spacial score (nSPS) is 16.2. The molecule has 0 spiro atoms. The largest absolute Gasteiger partial charge is 0.444 e. The summed E-state index contributed by atoms with van der Waals surface area (Å²) >= 11 is 0. The molecule has 2 N–H and O–H groups in total. The van der Waals surface area contributed by atoms with E-state index in [4.69, 9.17) is 9.47 Å². The summed E-state index contributed by atoms with van der Waals surface area (Å²) in [5, 5.41) is 12.8. The average molecular weight is 304 g/mol. The topological polar surface area (TPSA) is 71.0 Å². The van der Waals surface area contributed by atoms with Gasteiger partial charge in [-0.05, 0) is 41.5 Å². The summed E-state index contributed by atoms with van der Waals surface area (Å²) in [4.78, 5) is 13.6. The maximum atomic E-state index is 12.1. The van der Waals surface area contributed by atoms with Crippen LogP contribution < -0.4 is 5.32 Å². The molecule has 126 valence electrons. The summed E-state index contributed by atoms with van der Waals surface area (Å²) in [5.74, 6) is 0. The fourth-order valence-electron chi connectivity index (χ4n) is 1.70. The first-order valence-corrected chi connectivity index (χ1v) is 7.49. The number of ether oxygens (including phenoxy) is 2. The number of hydrogen-bond acceptors (Lipinski definition) is 5. The highest BCUT2D eigenvalue weighted by Gasteiger charge is 2.23. The van der Waals surface area contributed by atoms with Crippen molar-refractivity contribution >= 4 is 6.09 Å². The van der Waals surface area contributed by atoms with Gasteiger partial charge >= 0.3 is 6.09 Å². The fraction of sp³-hybridized carbons (Fsp3) is 0.933. The van der Waals surface area contributed by atoms with Crippen LogP contribution in [0.4, 0.5) is 4.79 Å². The van der Waals surface area contributed by atoms with Gasteiger partial charge in [-0.3, -0.25) is 0 Å². The van der Waals surface area contributed by atoms with Crippen LogP contribution in [0.1, 0.15) is 41.5 Å². The first kappa shape index (κ1) is 20.1. The predicted octanol–water partition coefficient (Wildman–Crippen LogP) is 1.62. The molecule has 0 rings (SSSR count). The Balaban J connectivity index is 4.40. The van der Waals surface area contributed by atoms with Gasteiger partial charge in [0.05, 0.1) is 12.2 Å². The van der Waals surface area contributed by atoms with Crippen LogP contribution in [0, 0.1) is 0 Å². The van der Waals surface area contributed by atoms with E-state index in [2.05, 4.69) is 5.32 Å². The van der Waals surface area contributed by atoms with Crippen LogP contribution in [-0.4, -0.2) is 66.7 Å². The molecule has 0 aromatic heterocycles. The minimum atomic E-state index is -0.590. The minimum Gasteiger partial charge on any atom is -0.444 e. The van der Waals surface area contributed by atoms with E-state index in [0.29, 0.717) is 13.1 Å². The number of nitrogens with zero attached hydrogens (tertiary/aromatic N) is 1. The number of rotatable bonds is 8. The molecular formula is C15H32N2O4. The van der Waals surface area contributed by atoms with Gasteiger partial charge in [-0.25, -0.2) is 4.79 Å². The number of carbonyl (C=O) groups excluding carboxylic acids is 1. The van der Waals surface area contributed by atoms with Crippen molar-refractivity contribution in [1.82, 2.24) is 10.2 Å². The SMILES string of the molecule is COC(C)C(C)NCCN(CC(C)O)C(=O)OC(C)(C)C. The highest BCUT2D eigenvalue weighted by molar-refractivity contribution is 5.68. The molecule has 3 atom stereocenters. The Kier molecular flexibility index (Phi) is 8.85. The number of carbonyl (C=O) groups is 1. The highest BCUT2D eigenvalue weighted by atomic mass is 16.6. The Hall–Kier alpha value is -0.850. The van der Waals surface area contributed by atoms with E-state index in [1.165, 1.54) is 4.90 Å². The zero-order valence-electron chi connectivity index (χ0n) is 14.5. The van der Waals surface area contributed by atoms with Crippen LogP contribution in [-0.2, 0) is 9.47 Å². The van der Waals surface area contributed by atoms with Crippen molar-refractivity contribution < 1.29 is 19.4 Å². The number of hydrogen-bond donors (Lipinski definition) is 2. The van der Waals surface area contributed by atoms with Gasteiger partial charge in [-0.15, -0.1) is 0 Å². The Bertz CT molecular complexity index is 303. The van der Waals surface area contributed by atoms with Gasteiger partial charge in [0.25, 0.3) is 0 Å². The lowest BCUT2D eigenvalue weighted by atomic mass is 10.2. The lowest BCUT2D eigenvalue weighted by Crippen LogP contribution is -2.46. The predicted molar refractivity (Wildman–Crippen MR) is 83.4 cm³/mol. The first-order valence-electron chi connectivity index (χ1n) is 7.49. The molecule has 0 heterocycles. The molecule has 0 aromatic rings. The molecule has 0 aliphatic heterocycles. The van der Waals surface area contributed by atoms with Gasteiger partial charge in [0.2, 0.25) is 0 Å². The van der Waals surface area contributed by atoms with Crippen molar-refractivity contribution in [1.29, 1.82) is 0 Å². The maximum Gasteiger partial charge on any atom is 0.410 e. The minimum absolute atomic E-state index is 0.0942. The zero-order valence-corrected chi connectivity index (χ0v) is 14.5. The first-order chi connectivity index (χ1) is 9.56. The van der Waals surface area contributed by atoms with Gasteiger partial charge in [-0.1, -0.05) is 0 Å². The van der Waals surface area contributed by atoms with Crippen molar-refractivity contribution in [2.24, 2.45) is 0 Å². The van der Waals surface area contributed by atoms with Crippen LogP contribution in [0.5, 0.6) is 0 Å². The number of amides is 1. The van der Waals surface area contributed by atoms with E-state index in [1.807, 2.05) is 34.6 Å². The third-order valence-electron chi connectivity index (χ3n) is 3.06. The van der Waals surface area contributed by atoms with E-state index >= 15 is 0 Å². The number of aliphatic hydroxyl groups excluding tert-OH is 1. The average Bonchev–Trinajstić information content (AvgIpc) is 2.33. The summed E-state index contributed by atoms with van der Waals surface area (Å²) in [6.07, 6.45) is -0.901. The van der Waals surface area contributed by atoms with Crippen LogP contribution in [0.15, 0.2) is 0 Å². The molecule has 0 bridgehead atoms. The number of aliphatic hydroxyl groups is 1. The van der Waals surface area contributed by atoms with E-state index < -0.39 is 17.8 Å². The Morgan fingerprint density at radius 1 is 1.29 bits per heavy atom. The molecule has 6 nitrogen and oxygen atoms in total. The third kappa shape index (κ3) is 9.66. The quantitative estimate of drug-likeness (QED) is 0.713. The van der Waals surface area contributed by atoms with Crippen LogP contribution >= 0.6 is 0 Å². The molecule has 3 unspecified atom stereocenters. The molecule has 0 aliphatic carbocycles. The smallest absolute Gasteiger partial charge is 0.410 e. The van der Waals surface area contributed by atoms with E-state index in [0.717, 1.165) is 0 Å². The highest BCUT2D eigenvalue weighted by Crippen LogP contribution is 2.10. The van der Waals surface area contributed by atoms with E-state index in [-0.39, 0.29) is 18.7 Å². The molecule has 21 heavy (non-hydrogen) atoms. The molecule has 1 amide bonds. The van der Waals surface area contributed by atoms with Crippen molar-refractivity contribution in [3.63, 3.8) is 0 Å². The van der Waals surface area contributed by atoms with Crippen LogP contribution in [0.2, 0.25) is 0 Å². The maximum absolute atomic E-state index is 12.1. The molecule has 0 aromatic carbocycles. The molecular weight excluding hydrogens is 272 g/mol. The summed E-state index contributed by atoms with van der Waals surface area (Å²) in [6.45, 7) is 12.5. The van der Waals surface area contributed by atoms with Gasteiger partial charge in [0, 0.05) is 32.8 Å². The molecule has 0 radical (unpaired) electrons. The van der Waals surface area contributed by atoms with Crippen LogP contribution in [0.25, 0.3) is 0 Å². The summed E-state index contributed by atoms with van der Waals surface area (Å²) in [7, 11) is 1.67. The number of methoxy groups -OCH3 is 1. The Labute approximate surface area is 128 Å². The second-order valence-corrected chi connectivity index (χ2v) is 6.46. The van der Waals surface area contributed by atoms with Crippen molar-refractivity contribution in [2.45, 2.75) is 65.4 Å². The van der Waals surface area contributed by atoms with Gasteiger partial charge in [-0.2, -0.15) is 0 Å². The van der Waals surface area contributed by atoms with Crippen LogP contribution in [0.3, 0.4) is 0 Å². The van der Waals surface area contributed by atoms with Gasteiger partial charge in [0.1, 0.15) is 5.60 Å². The molecule has 6 heteroatoms. The van der Waals surface area contributed by atoms with E-state index in [1.54, 1.807) is 14.0 Å². The molecule has 0 fully saturated rings. The lowest BCUT2D eigenvalue weighted by Gasteiger charge is -2.29. The van der Waals surface area contributed by atoms with Crippen molar-refractivity contribution in [2.75, 3.05) is 26.7 Å². The summed E-state index contributed by atoms with van der Waals surface area (Å²) < 4.78 is 10.6. The van der Waals surface area contributed by atoms with Crippen molar-refractivity contribution in [3.05, 3.63) is 0 Å². The summed E-state index contributed by atoms with van der Waals surface area (Å²) in [6, 6.07) is 0.182. The molecule has 0 saturated carbocycles. The molecule has 0 aliphatic rings.